The molecule has 5 heterocycles. The van der Waals surface area contributed by atoms with Gasteiger partial charge in [-0.1, -0.05) is 5.16 Å². The van der Waals surface area contributed by atoms with Gasteiger partial charge in [-0.05, 0) is 55.3 Å². The molecular weight excluding hydrogens is 600 g/mol. The number of amides is 2. The first-order chi connectivity index (χ1) is 21.3. The van der Waals surface area contributed by atoms with E-state index in [4.69, 9.17) is 9.72 Å². The van der Waals surface area contributed by atoms with Gasteiger partial charge < -0.3 is 15.4 Å². The van der Waals surface area contributed by atoms with Crippen molar-refractivity contribution in [2.45, 2.75) is 81.7 Å². The van der Waals surface area contributed by atoms with Crippen LogP contribution in [-0.4, -0.2) is 92.4 Å². The number of likely N-dealkylation sites (tertiary alicyclic amines) is 1. The number of alkyl halides is 4. The summed E-state index contributed by atoms with van der Waals surface area (Å²) in [6.45, 7) is 3.85. The molecule has 0 bridgehead atoms. The van der Waals surface area contributed by atoms with Gasteiger partial charge >= 0.3 is 0 Å². The number of aromatic nitrogens is 5. The van der Waals surface area contributed by atoms with Gasteiger partial charge in [-0.15, -0.1) is 0 Å². The summed E-state index contributed by atoms with van der Waals surface area (Å²) in [5.41, 5.74) is 0.401. The first kappa shape index (κ1) is 31.3. The van der Waals surface area contributed by atoms with Crippen LogP contribution >= 0.6 is 0 Å². The number of carbonyl (C=O) groups is 2. The van der Waals surface area contributed by atoms with Gasteiger partial charge in [0.2, 0.25) is 11.8 Å². The number of piperidine rings is 1. The average molecular weight is 637 g/mol. The summed E-state index contributed by atoms with van der Waals surface area (Å²) < 4.78 is 67.1. The molecule has 2 amide bonds. The van der Waals surface area contributed by atoms with E-state index in [0.717, 1.165) is 6.92 Å². The number of hydrogen-bond donors (Lipinski definition) is 2. The zero-order chi connectivity index (χ0) is 32.0. The van der Waals surface area contributed by atoms with Gasteiger partial charge in [-0.25, -0.2) is 31.7 Å². The van der Waals surface area contributed by atoms with Crippen LogP contribution in [0.3, 0.4) is 0 Å². The van der Waals surface area contributed by atoms with E-state index in [1.165, 1.54) is 10.7 Å². The summed E-state index contributed by atoms with van der Waals surface area (Å²) in [5, 5.41) is 17.2. The Balaban J connectivity index is 1.31. The van der Waals surface area contributed by atoms with Gasteiger partial charge in [0.1, 0.15) is 5.69 Å². The van der Waals surface area contributed by atoms with Gasteiger partial charge in [0.05, 0.1) is 49.1 Å². The molecular formula is C29H36F4N8O4. The molecule has 1 atom stereocenters. The lowest BCUT2D eigenvalue weighted by Gasteiger charge is -2.45. The lowest BCUT2D eigenvalue weighted by atomic mass is 9.74. The summed E-state index contributed by atoms with van der Waals surface area (Å²) in [6, 6.07) is 1.29. The molecule has 2 saturated heterocycles. The Labute approximate surface area is 256 Å². The standard InChI is InChI=1S/C29H36F4N8O4/c1-17-23(39-45-38-17)25(42)37-24(18-3-5-29(32,33)6-4-18)19-11-22-36-21(12-35-41(22)13-19)28(26(43)34-16-27(2,30)31)7-9-40(10-8-28)20-14-44-15-20/h11-13,18,20,24H,3-10,14-16H2,1-2H3,(H,34,43)(H,37,42)/t24-/m0/s1. The molecule has 6 rings (SSSR count). The minimum absolute atomic E-state index is 0.00569. The van der Waals surface area contributed by atoms with Crippen molar-refractivity contribution in [2.75, 3.05) is 32.8 Å². The van der Waals surface area contributed by atoms with Crippen LogP contribution in [0, 0.1) is 12.8 Å². The van der Waals surface area contributed by atoms with Crippen molar-refractivity contribution in [3.8, 4) is 0 Å². The SMILES string of the molecule is Cc1nonc1C(=O)N[C@H](c1cc2nc(C3(C(=O)NCC(C)(F)F)CCN(C4COC4)CC3)cnn2c1)C1CCC(F)(F)CC1. The van der Waals surface area contributed by atoms with Gasteiger partial charge in [-0.2, -0.15) is 5.10 Å². The number of rotatable bonds is 9. The number of aryl methyl sites for hydroxylation is 1. The molecule has 3 aromatic heterocycles. The van der Waals surface area contributed by atoms with Crippen molar-refractivity contribution in [2.24, 2.45) is 5.92 Å². The van der Waals surface area contributed by atoms with Gasteiger partial charge in [0, 0.05) is 39.1 Å². The predicted molar refractivity (Wildman–Crippen MR) is 150 cm³/mol. The van der Waals surface area contributed by atoms with Crippen LogP contribution in [0.4, 0.5) is 17.6 Å². The topological polar surface area (TPSA) is 140 Å². The Bertz CT molecular complexity index is 1530. The Morgan fingerprint density at radius 1 is 1.13 bits per heavy atom. The van der Waals surface area contributed by atoms with Crippen molar-refractivity contribution in [1.82, 2.24) is 40.4 Å². The lowest BCUT2D eigenvalue weighted by molar-refractivity contribution is -0.132. The van der Waals surface area contributed by atoms with E-state index in [1.54, 1.807) is 19.2 Å². The number of hydrogen-bond acceptors (Lipinski definition) is 9. The van der Waals surface area contributed by atoms with E-state index in [9.17, 15) is 27.2 Å². The molecule has 16 heteroatoms. The molecule has 2 N–H and O–H groups in total. The van der Waals surface area contributed by atoms with Gasteiger partial charge in [-0.3, -0.25) is 14.5 Å². The maximum Gasteiger partial charge on any atom is 0.275 e. The fourth-order valence-corrected chi connectivity index (χ4v) is 6.53. The Hall–Kier alpha value is -3.66. The quantitative estimate of drug-likeness (QED) is 0.339. The second-order valence-corrected chi connectivity index (χ2v) is 12.6. The molecule has 244 valence electrons. The Morgan fingerprint density at radius 2 is 1.84 bits per heavy atom. The third-order valence-electron chi connectivity index (χ3n) is 9.36. The summed E-state index contributed by atoms with van der Waals surface area (Å²) in [6.07, 6.45) is 3.59. The maximum atomic E-state index is 14.1. The minimum Gasteiger partial charge on any atom is -0.378 e. The molecule has 0 radical (unpaired) electrons. The zero-order valence-corrected chi connectivity index (χ0v) is 25.1. The van der Waals surface area contributed by atoms with Crippen molar-refractivity contribution in [3.63, 3.8) is 0 Å². The molecule has 1 aliphatic carbocycles. The van der Waals surface area contributed by atoms with E-state index in [2.05, 4.69) is 35.6 Å². The number of nitrogens with one attached hydrogen (secondary N) is 2. The monoisotopic (exact) mass is 636 g/mol. The molecule has 1 saturated carbocycles. The zero-order valence-electron chi connectivity index (χ0n) is 25.1. The number of fused-ring (bicyclic) bond motifs is 1. The summed E-state index contributed by atoms with van der Waals surface area (Å²) in [5.74, 6) is -7.25. The van der Waals surface area contributed by atoms with E-state index in [0.29, 0.717) is 56.0 Å². The highest BCUT2D eigenvalue weighted by atomic mass is 19.3. The van der Waals surface area contributed by atoms with Crippen LogP contribution in [0.25, 0.3) is 5.65 Å². The fourth-order valence-electron chi connectivity index (χ4n) is 6.53. The van der Waals surface area contributed by atoms with Crippen LogP contribution in [-0.2, 0) is 14.9 Å². The number of halogens is 4. The second kappa shape index (κ2) is 11.9. The maximum absolute atomic E-state index is 14.1. The molecule has 12 nitrogen and oxygen atoms in total. The molecule has 0 spiro atoms. The number of carbonyl (C=O) groups excluding carboxylic acids is 2. The van der Waals surface area contributed by atoms with Crippen molar-refractivity contribution in [1.29, 1.82) is 0 Å². The lowest BCUT2D eigenvalue weighted by Crippen LogP contribution is -2.58. The van der Waals surface area contributed by atoms with Crippen LogP contribution in [0.1, 0.15) is 78.9 Å². The molecule has 0 unspecified atom stereocenters. The van der Waals surface area contributed by atoms with Crippen molar-refractivity contribution < 1.29 is 36.5 Å². The third-order valence-corrected chi connectivity index (χ3v) is 9.36. The van der Waals surface area contributed by atoms with Crippen LogP contribution in [0.5, 0.6) is 0 Å². The Kier molecular flexibility index (Phi) is 8.31. The fraction of sp³-hybridized carbons (Fsp3) is 0.655. The summed E-state index contributed by atoms with van der Waals surface area (Å²) in [7, 11) is 0. The number of nitrogens with zero attached hydrogens (tertiary/aromatic N) is 6. The molecule has 3 aliphatic rings. The molecule has 3 fully saturated rings. The first-order valence-electron chi connectivity index (χ1n) is 15.2. The van der Waals surface area contributed by atoms with Crippen LogP contribution < -0.4 is 10.6 Å². The molecule has 45 heavy (non-hydrogen) atoms. The number of ether oxygens (including phenoxy) is 1. The summed E-state index contributed by atoms with van der Waals surface area (Å²) >= 11 is 0. The molecule has 3 aromatic rings. The summed E-state index contributed by atoms with van der Waals surface area (Å²) in [4.78, 5) is 33.8. The third kappa shape index (κ3) is 6.52. The first-order valence-corrected chi connectivity index (χ1v) is 15.2. The van der Waals surface area contributed by atoms with E-state index in [1.807, 2.05) is 0 Å². The highest BCUT2D eigenvalue weighted by Gasteiger charge is 2.47. The highest BCUT2D eigenvalue weighted by Crippen LogP contribution is 2.42. The smallest absolute Gasteiger partial charge is 0.275 e. The largest absolute Gasteiger partial charge is 0.378 e. The van der Waals surface area contributed by atoms with E-state index >= 15 is 0 Å². The van der Waals surface area contributed by atoms with Crippen molar-refractivity contribution in [3.05, 3.63) is 41.1 Å². The molecule has 0 aromatic carbocycles. The second-order valence-electron chi connectivity index (χ2n) is 12.6. The highest BCUT2D eigenvalue weighted by molar-refractivity contribution is 5.93. The van der Waals surface area contributed by atoms with Crippen LogP contribution in [0.15, 0.2) is 23.1 Å². The van der Waals surface area contributed by atoms with E-state index in [-0.39, 0.29) is 49.0 Å². The van der Waals surface area contributed by atoms with Crippen molar-refractivity contribution >= 4 is 17.5 Å². The van der Waals surface area contributed by atoms with Gasteiger partial charge in [0.15, 0.2) is 11.3 Å². The van der Waals surface area contributed by atoms with E-state index < -0.39 is 41.7 Å². The molecule has 2 aliphatic heterocycles. The Morgan fingerprint density at radius 3 is 2.44 bits per heavy atom. The van der Waals surface area contributed by atoms with Gasteiger partial charge in [0.25, 0.3) is 11.8 Å². The average Bonchev–Trinajstić information content (AvgIpc) is 3.59. The van der Waals surface area contributed by atoms with Crippen LogP contribution in [0.2, 0.25) is 0 Å². The predicted octanol–water partition coefficient (Wildman–Crippen LogP) is 3.22. The normalized spacial score (nSPS) is 21.7. The minimum atomic E-state index is -3.09.